The van der Waals surface area contributed by atoms with E-state index in [2.05, 4.69) is 15.1 Å². The zero-order chi connectivity index (χ0) is 26.4. The van der Waals surface area contributed by atoms with Gasteiger partial charge in [-0.1, -0.05) is 18.0 Å². The molecular weight excluding hydrogens is 496 g/mol. The average molecular weight is 537 g/mol. The number of hydrogen-bond donors (Lipinski definition) is 2. The van der Waals surface area contributed by atoms with Crippen LogP contribution in [0.5, 0.6) is 5.75 Å². The fraction of sp³-hybridized carbons (Fsp3) is 0.704. The Labute approximate surface area is 224 Å². The van der Waals surface area contributed by atoms with E-state index in [0.717, 1.165) is 77.8 Å². The number of piperidine rings is 4. The Morgan fingerprint density at radius 1 is 1.05 bits per heavy atom. The highest BCUT2D eigenvalue weighted by Gasteiger charge is 2.36. The van der Waals surface area contributed by atoms with Crippen molar-refractivity contribution in [1.82, 2.24) is 15.1 Å². The molecule has 0 spiro atoms. The van der Waals surface area contributed by atoms with E-state index in [4.69, 9.17) is 31.5 Å². The van der Waals surface area contributed by atoms with Crippen LogP contribution in [0.3, 0.4) is 0 Å². The normalized spacial score (nSPS) is 27.6. The molecule has 10 heteroatoms. The molecule has 1 unspecified atom stereocenters. The summed E-state index contributed by atoms with van der Waals surface area (Å²) in [5.74, 6) is 0.637. The maximum Gasteiger partial charge on any atom is 0.306 e. The highest BCUT2D eigenvalue weighted by molar-refractivity contribution is 6.33. The molecular formula is C27H41ClN4O5. The number of anilines is 1. The summed E-state index contributed by atoms with van der Waals surface area (Å²) in [5.41, 5.74) is 6.56. The SMILES string of the molecule is COc1cc(N)c(Cl)cc1C(=O)N[C@@H]1CCN(CCCCCC(=O)OC2CN3CCC2CC3)C[C@H]1OC. The van der Waals surface area contributed by atoms with Crippen LogP contribution in [0.25, 0.3) is 0 Å². The first-order valence-electron chi connectivity index (χ1n) is 13.5. The number of carbonyl (C=O) groups is 2. The number of rotatable bonds is 11. The maximum atomic E-state index is 13.0. The van der Waals surface area contributed by atoms with E-state index in [1.54, 1.807) is 13.2 Å². The van der Waals surface area contributed by atoms with Gasteiger partial charge in [0.15, 0.2) is 0 Å². The molecule has 0 aromatic heterocycles. The second-order valence-electron chi connectivity index (χ2n) is 10.5. The molecule has 1 aromatic carbocycles. The number of nitrogen functional groups attached to an aromatic ring is 1. The van der Waals surface area contributed by atoms with Gasteiger partial charge in [-0.2, -0.15) is 0 Å². The van der Waals surface area contributed by atoms with Gasteiger partial charge in [-0.05, 0) is 63.7 Å². The molecule has 206 valence electrons. The Kier molecular flexibility index (Phi) is 9.92. The molecule has 4 aliphatic rings. The van der Waals surface area contributed by atoms with E-state index in [1.807, 2.05) is 0 Å². The summed E-state index contributed by atoms with van der Waals surface area (Å²) in [4.78, 5) is 30.0. The lowest BCUT2D eigenvalue weighted by Gasteiger charge is -2.43. The molecule has 0 radical (unpaired) electrons. The molecule has 2 bridgehead atoms. The van der Waals surface area contributed by atoms with Crippen molar-refractivity contribution in [2.45, 2.75) is 63.2 Å². The van der Waals surface area contributed by atoms with Gasteiger partial charge in [-0.3, -0.25) is 14.5 Å². The van der Waals surface area contributed by atoms with Gasteiger partial charge in [0.05, 0.1) is 35.5 Å². The Hall–Kier alpha value is -2.07. The van der Waals surface area contributed by atoms with Crippen LogP contribution in [0, 0.1) is 5.92 Å². The third kappa shape index (κ3) is 7.28. The first-order chi connectivity index (χ1) is 17.9. The van der Waals surface area contributed by atoms with Crippen molar-refractivity contribution < 1.29 is 23.8 Å². The first-order valence-corrected chi connectivity index (χ1v) is 13.9. The summed E-state index contributed by atoms with van der Waals surface area (Å²) in [6.45, 7) is 5.76. The quantitative estimate of drug-likeness (QED) is 0.252. The molecule has 9 nitrogen and oxygen atoms in total. The third-order valence-corrected chi connectivity index (χ3v) is 8.39. The van der Waals surface area contributed by atoms with Crippen LogP contribution in [-0.4, -0.2) is 93.4 Å². The zero-order valence-electron chi connectivity index (χ0n) is 22.0. The number of amides is 1. The molecule has 4 heterocycles. The standard InChI is InChI=1S/C27H41ClN4O5/c1-35-23-15-21(29)20(28)14-19(23)27(34)30-22-9-13-31(17-25(22)36-2)10-5-3-4-6-26(33)37-24-16-32-11-7-18(24)8-12-32/h14-15,18,22,24-25H,3-13,16-17,29H2,1-2H3,(H,30,34)/t22-,24?,25-/m1/s1. The predicted octanol–water partition coefficient (Wildman–Crippen LogP) is 2.95. The summed E-state index contributed by atoms with van der Waals surface area (Å²) < 4.78 is 16.8. The van der Waals surface area contributed by atoms with Gasteiger partial charge < -0.3 is 30.2 Å². The lowest BCUT2D eigenvalue weighted by atomic mass is 9.86. The van der Waals surface area contributed by atoms with Gasteiger partial charge >= 0.3 is 5.97 Å². The number of nitrogens with one attached hydrogen (secondary N) is 1. The van der Waals surface area contributed by atoms with Crippen molar-refractivity contribution in [3.8, 4) is 5.75 Å². The Balaban J connectivity index is 1.15. The van der Waals surface area contributed by atoms with E-state index in [9.17, 15) is 9.59 Å². The van der Waals surface area contributed by atoms with Crippen LogP contribution >= 0.6 is 11.6 Å². The summed E-state index contributed by atoms with van der Waals surface area (Å²) in [6.07, 6.45) is 6.42. The molecule has 37 heavy (non-hydrogen) atoms. The van der Waals surface area contributed by atoms with Gasteiger partial charge in [0, 0.05) is 39.2 Å². The van der Waals surface area contributed by atoms with E-state index in [1.165, 1.54) is 13.2 Å². The van der Waals surface area contributed by atoms with Crippen molar-refractivity contribution in [2.75, 3.05) is 59.2 Å². The predicted molar refractivity (Wildman–Crippen MR) is 143 cm³/mol. The van der Waals surface area contributed by atoms with Gasteiger partial charge in [0.2, 0.25) is 0 Å². The molecule has 0 aliphatic carbocycles. The second kappa shape index (κ2) is 13.1. The van der Waals surface area contributed by atoms with Crippen molar-refractivity contribution >= 4 is 29.2 Å². The molecule has 1 aromatic rings. The Bertz CT molecular complexity index is 940. The van der Waals surface area contributed by atoms with Crippen molar-refractivity contribution in [3.63, 3.8) is 0 Å². The van der Waals surface area contributed by atoms with Crippen molar-refractivity contribution in [3.05, 3.63) is 22.7 Å². The molecule has 3 N–H and O–H groups in total. The van der Waals surface area contributed by atoms with E-state index in [-0.39, 0.29) is 30.1 Å². The number of halogens is 1. The first kappa shape index (κ1) is 28.0. The number of esters is 1. The Morgan fingerprint density at radius 2 is 1.84 bits per heavy atom. The fourth-order valence-electron chi connectivity index (χ4n) is 5.80. The monoisotopic (exact) mass is 536 g/mol. The van der Waals surface area contributed by atoms with Crippen LogP contribution in [-0.2, 0) is 14.3 Å². The number of fused-ring (bicyclic) bond motifs is 3. The smallest absolute Gasteiger partial charge is 0.306 e. The lowest BCUT2D eigenvalue weighted by Crippen LogP contribution is -2.54. The molecule has 3 atom stereocenters. The number of nitrogens with two attached hydrogens (primary N) is 1. The number of ether oxygens (including phenoxy) is 3. The third-order valence-electron chi connectivity index (χ3n) is 8.06. The van der Waals surface area contributed by atoms with E-state index >= 15 is 0 Å². The molecule has 4 aliphatic heterocycles. The van der Waals surface area contributed by atoms with Crippen LogP contribution in [0.4, 0.5) is 5.69 Å². The summed E-state index contributed by atoms with van der Waals surface area (Å²) in [6, 6.07) is 2.98. The summed E-state index contributed by atoms with van der Waals surface area (Å²) in [7, 11) is 3.17. The highest BCUT2D eigenvalue weighted by atomic mass is 35.5. The number of likely N-dealkylation sites (tertiary alicyclic amines) is 1. The number of nitrogens with zero attached hydrogens (tertiary/aromatic N) is 2. The average Bonchev–Trinajstić information content (AvgIpc) is 2.91. The Morgan fingerprint density at radius 3 is 2.51 bits per heavy atom. The number of benzene rings is 1. The number of hydrogen-bond acceptors (Lipinski definition) is 8. The number of unbranched alkanes of at least 4 members (excludes halogenated alkanes) is 2. The zero-order valence-corrected chi connectivity index (χ0v) is 22.8. The molecule has 4 fully saturated rings. The van der Waals surface area contributed by atoms with E-state index in [0.29, 0.717) is 34.4 Å². The van der Waals surface area contributed by atoms with Gasteiger partial charge in [-0.25, -0.2) is 0 Å². The van der Waals surface area contributed by atoms with Gasteiger partial charge in [0.25, 0.3) is 5.91 Å². The fourth-order valence-corrected chi connectivity index (χ4v) is 5.97. The highest BCUT2D eigenvalue weighted by Crippen LogP contribution is 2.30. The number of methoxy groups -OCH3 is 2. The van der Waals surface area contributed by atoms with Crippen LogP contribution in [0.2, 0.25) is 5.02 Å². The maximum absolute atomic E-state index is 13.0. The second-order valence-corrected chi connectivity index (χ2v) is 10.9. The van der Waals surface area contributed by atoms with Crippen LogP contribution in [0.15, 0.2) is 12.1 Å². The van der Waals surface area contributed by atoms with Gasteiger partial charge in [-0.15, -0.1) is 0 Å². The number of carbonyl (C=O) groups excluding carboxylic acids is 2. The lowest BCUT2D eigenvalue weighted by molar-refractivity contribution is -0.158. The topological polar surface area (TPSA) is 106 Å². The molecule has 0 saturated carbocycles. The summed E-state index contributed by atoms with van der Waals surface area (Å²) >= 11 is 6.13. The molecule has 5 rings (SSSR count). The van der Waals surface area contributed by atoms with Crippen molar-refractivity contribution in [1.29, 1.82) is 0 Å². The molecule has 1 amide bonds. The van der Waals surface area contributed by atoms with E-state index < -0.39 is 0 Å². The van der Waals surface area contributed by atoms with Crippen LogP contribution in [0.1, 0.15) is 55.3 Å². The largest absolute Gasteiger partial charge is 0.496 e. The minimum Gasteiger partial charge on any atom is -0.496 e. The van der Waals surface area contributed by atoms with Gasteiger partial charge in [0.1, 0.15) is 11.9 Å². The van der Waals surface area contributed by atoms with Crippen molar-refractivity contribution in [2.24, 2.45) is 5.92 Å². The molecule has 4 saturated heterocycles. The minimum absolute atomic E-state index is 0.0474. The summed E-state index contributed by atoms with van der Waals surface area (Å²) in [5, 5.41) is 3.40. The minimum atomic E-state index is -0.260. The van der Waals surface area contributed by atoms with Crippen LogP contribution < -0.4 is 15.8 Å².